The van der Waals surface area contributed by atoms with E-state index in [0.29, 0.717) is 32.0 Å². The van der Waals surface area contributed by atoms with Crippen LogP contribution < -0.4 is 10.2 Å². The quantitative estimate of drug-likeness (QED) is 0.859. The highest BCUT2D eigenvalue weighted by atomic mass is 19.1. The Hall–Kier alpha value is -1.89. The third-order valence-corrected chi connectivity index (χ3v) is 4.76. The van der Waals surface area contributed by atoms with Crippen LogP contribution >= 0.6 is 0 Å². The Labute approximate surface area is 135 Å². The highest BCUT2D eigenvalue weighted by Crippen LogP contribution is 2.21. The molecule has 2 saturated heterocycles. The van der Waals surface area contributed by atoms with E-state index in [1.54, 1.807) is 17.2 Å². The van der Waals surface area contributed by atoms with Gasteiger partial charge in [-0.25, -0.2) is 14.2 Å². The summed E-state index contributed by atoms with van der Waals surface area (Å²) in [7, 11) is 0. The molecule has 2 amide bonds. The molecule has 1 aromatic heterocycles. The van der Waals surface area contributed by atoms with E-state index >= 15 is 0 Å². The monoisotopic (exact) mass is 322 g/mol. The van der Waals surface area contributed by atoms with Crippen LogP contribution in [0, 0.1) is 11.7 Å². The van der Waals surface area contributed by atoms with Crippen LogP contribution in [0.1, 0.15) is 19.8 Å². The lowest BCUT2D eigenvalue weighted by Gasteiger charge is -2.34. The van der Waals surface area contributed by atoms with E-state index in [1.165, 1.54) is 6.07 Å². The van der Waals surface area contributed by atoms with Crippen molar-refractivity contribution in [3.63, 3.8) is 0 Å². The maximum absolute atomic E-state index is 13.8. The van der Waals surface area contributed by atoms with Crippen molar-refractivity contribution in [1.29, 1.82) is 0 Å². The number of amides is 2. The summed E-state index contributed by atoms with van der Waals surface area (Å²) in [6.07, 6.45) is 2.68. The zero-order valence-electron chi connectivity index (χ0n) is 13.3. The van der Waals surface area contributed by atoms with Crippen molar-refractivity contribution in [3.8, 4) is 0 Å². The molecule has 0 aromatic carbocycles. The molecule has 126 valence electrons. The molecular formula is C16H23FN4O2. The number of aliphatic hydroxyl groups is 1. The Bertz CT molecular complexity index is 571. The van der Waals surface area contributed by atoms with Crippen molar-refractivity contribution in [3.05, 3.63) is 24.1 Å². The predicted octanol–water partition coefficient (Wildman–Crippen LogP) is 1.21. The number of halogens is 1. The van der Waals surface area contributed by atoms with Crippen LogP contribution in [0.3, 0.4) is 0 Å². The summed E-state index contributed by atoms with van der Waals surface area (Å²) in [5, 5.41) is 12.9. The van der Waals surface area contributed by atoms with Crippen LogP contribution in [0.25, 0.3) is 0 Å². The van der Waals surface area contributed by atoms with Crippen molar-refractivity contribution >= 4 is 11.8 Å². The molecule has 7 heteroatoms. The molecule has 0 saturated carbocycles. The molecule has 2 fully saturated rings. The first-order valence-corrected chi connectivity index (χ1v) is 8.13. The van der Waals surface area contributed by atoms with E-state index < -0.39 is 6.10 Å². The molecule has 3 heterocycles. The fraction of sp³-hybridized carbons (Fsp3) is 0.625. The summed E-state index contributed by atoms with van der Waals surface area (Å²) in [4.78, 5) is 19.9. The van der Waals surface area contributed by atoms with Crippen LogP contribution in [0.15, 0.2) is 18.3 Å². The molecule has 3 unspecified atom stereocenters. The zero-order chi connectivity index (χ0) is 16.4. The largest absolute Gasteiger partial charge is 0.391 e. The minimum Gasteiger partial charge on any atom is -0.391 e. The second-order valence-electron chi connectivity index (χ2n) is 6.47. The van der Waals surface area contributed by atoms with E-state index in [9.17, 15) is 14.3 Å². The van der Waals surface area contributed by atoms with Gasteiger partial charge < -0.3 is 20.2 Å². The van der Waals surface area contributed by atoms with Crippen molar-refractivity contribution in [2.75, 3.05) is 31.1 Å². The van der Waals surface area contributed by atoms with Gasteiger partial charge in [-0.3, -0.25) is 0 Å². The highest BCUT2D eigenvalue weighted by molar-refractivity contribution is 5.75. The standard InChI is InChI=1S/C16H23FN4O2/c1-11-4-7-21(10-14(11)22)16(23)19-12-5-8-20(9-12)15-13(17)3-2-6-18-15/h2-3,6,11-12,14,22H,4-5,7-10H2,1H3,(H,19,23). The summed E-state index contributed by atoms with van der Waals surface area (Å²) < 4.78 is 13.8. The number of aromatic nitrogens is 1. The van der Waals surface area contributed by atoms with Gasteiger partial charge in [-0.2, -0.15) is 0 Å². The van der Waals surface area contributed by atoms with E-state index in [4.69, 9.17) is 0 Å². The first-order chi connectivity index (χ1) is 11.0. The van der Waals surface area contributed by atoms with Crippen LogP contribution in [0.2, 0.25) is 0 Å². The number of pyridine rings is 1. The van der Waals surface area contributed by atoms with Gasteiger partial charge in [0.15, 0.2) is 11.6 Å². The van der Waals surface area contributed by atoms with Gasteiger partial charge >= 0.3 is 6.03 Å². The SMILES string of the molecule is CC1CCN(C(=O)NC2CCN(c3ncccc3F)C2)CC1O. The number of nitrogens with zero attached hydrogens (tertiary/aromatic N) is 3. The summed E-state index contributed by atoms with van der Waals surface area (Å²) in [5.41, 5.74) is 0. The number of aliphatic hydroxyl groups excluding tert-OH is 1. The van der Waals surface area contributed by atoms with Crippen molar-refractivity contribution < 1.29 is 14.3 Å². The molecule has 0 aliphatic carbocycles. The molecule has 2 aliphatic rings. The Kier molecular flexibility index (Phi) is 4.66. The molecule has 1 aromatic rings. The molecule has 3 rings (SSSR count). The summed E-state index contributed by atoms with van der Waals surface area (Å²) in [5.74, 6) is 0.229. The first-order valence-electron chi connectivity index (χ1n) is 8.13. The fourth-order valence-electron chi connectivity index (χ4n) is 3.18. The number of β-amino-alcohol motifs (C(OH)–C–C–N with tert-alkyl or cyclic N) is 1. The normalized spacial score (nSPS) is 28.0. The maximum atomic E-state index is 13.8. The fourth-order valence-corrected chi connectivity index (χ4v) is 3.18. The number of hydrogen-bond acceptors (Lipinski definition) is 4. The predicted molar refractivity (Wildman–Crippen MR) is 84.7 cm³/mol. The minimum absolute atomic E-state index is 0.0274. The van der Waals surface area contributed by atoms with Crippen molar-refractivity contribution in [1.82, 2.24) is 15.2 Å². The number of nitrogens with one attached hydrogen (secondary N) is 1. The van der Waals surface area contributed by atoms with E-state index in [1.807, 2.05) is 11.8 Å². The Morgan fingerprint density at radius 2 is 2.22 bits per heavy atom. The molecule has 6 nitrogen and oxygen atoms in total. The van der Waals surface area contributed by atoms with Crippen LogP contribution in [0.5, 0.6) is 0 Å². The molecule has 2 aliphatic heterocycles. The number of likely N-dealkylation sites (tertiary alicyclic amines) is 1. The van der Waals surface area contributed by atoms with Gasteiger partial charge in [0.05, 0.1) is 6.10 Å². The van der Waals surface area contributed by atoms with Gasteiger partial charge in [0.2, 0.25) is 0 Å². The number of carbonyl (C=O) groups is 1. The minimum atomic E-state index is -0.461. The van der Waals surface area contributed by atoms with E-state index in [0.717, 1.165) is 12.8 Å². The third kappa shape index (κ3) is 3.55. The molecule has 0 spiro atoms. The lowest BCUT2D eigenvalue weighted by molar-refractivity contribution is 0.0431. The van der Waals surface area contributed by atoms with Gasteiger partial charge in [0, 0.05) is 38.4 Å². The summed E-state index contributed by atoms with van der Waals surface area (Å²) in [6.45, 7) is 4.24. The molecular weight excluding hydrogens is 299 g/mol. The average Bonchev–Trinajstić information content (AvgIpc) is 2.98. The van der Waals surface area contributed by atoms with Crippen molar-refractivity contribution in [2.24, 2.45) is 5.92 Å². The summed E-state index contributed by atoms with van der Waals surface area (Å²) >= 11 is 0. The van der Waals surface area contributed by atoms with Gasteiger partial charge in [-0.05, 0) is 30.9 Å². The number of rotatable bonds is 2. The maximum Gasteiger partial charge on any atom is 0.317 e. The smallest absolute Gasteiger partial charge is 0.317 e. The van der Waals surface area contributed by atoms with Gasteiger partial charge in [-0.1, -0.05) is 6.92 Å². The van der Waals surface area contributed by atoms with Crippen LogP contribution in [0.4, 0.5) is 15.0 Å². The summed E-state index contributed by atoms with van der Waals surface area (Å²) in [6, 6.07) is 2.78. The zero-order valence-corrected chi connectivity index (χ0v) is 13.3. The number of urea groups is 1. The van der Waals surface area contributed by atoms with Gasteiger partial charge in [0.25, 0.3) is 0 Å². The lowest BCUT2D eigenvalue weighted by Crippen LogP contribution is -2.52. The number of piperidine rings is 1. The topological polar surface area (TPSA) is 68.7 Å². The average molecular weight is 322 g/mol. The van der Waals surface area contributed by atoms with Crippen LogP contribution in [-0.4, -0.2) is 59.3 Å². The molecule has 0 radical (unpaired) electrons. The van der Waals surface area contributed by atoms with Gasteiger partial charge in [0.1, 0.15) is 0 Å². The second-order valence-corrected chi connectivity index (χ2v) is 6.47. The number of anilines is 1. The Balaban J connectivity index is 1.54. The van der Waals surface area contributed by atoms with Crippen molar-refractivity contribution in [2.45, 2.75) is 31.9 Å². The number of hydrogen-bond donors (Lipinski definition) is 2. The first kappa shape index (κ1) is 16.0. The van der Waals surface area contributed by atoms with Crippen LogP contribution in [-0.2, 0) is 0 Å². The Morgan fingerprint density at radius 1 is 1.39 bits per heavy atom. The molecule has 2 N–H and O–H groups in total. The highest BCUT2D eigenvalue weighted by Gasteiger charge is 2.31. The Morgan fingerprint density at radius 3 is 2.96 bits per heavy atom. The molecule has 23 heavy (non-hydrogen) atoms. The van der Waals surface area contributed by atoms with E-state index in [-0.39, 0.29) is 23.8 Å². The van der Waals surface area contributed by atoms with E-state index in [2.05, 4.69) is 10.3 Å². The lowest BCUT2D eigenvalue weighted by atomic mass is 9.96. The van der Waals surface area contributed by atoms with Gasteiger partial charge in [-0.15, -0.1) is 0 Å². The molecule has 3 atom stereocenters. The molecule has 0 bridgehead atoms. The second kappa shape index (κ2) is 6.70. The third-order valence-electron chi connectivity index (χ3n) is 4.76. The number of carbonyl (C=O) groups excluding carboxylic acids is 1.